The molecule has 0 aliphatic carbocycles. The molecular weight excluding hydrogens is 914 g/mol. The first-order valence-corrected chi connectivity index (χ1v) is 23.6. The van der Waals surface area contributed by atoms with Gasteiger partial charge >= 0.3 is 5.97 Å². The number of nitrogen functional groups attached to an aromatic ring is 1. The van der Waals surface area contributed by atoms with Crippen LogP contribution in [0.25, 0.3) is 11.3 Å². The molecule has 3 fully saturated rings. The molecule has 0 spiro atoms. The molecule has 20 heteroatoms. The minimum atomic E-state index is -1.37. The zero-order chi connectivity index (χ0) is 49.6. The Bertz CT molecular complexity index is 2880. The monoisotopic (exact) mass is 965 g/mol. The van der Waals surface area contributed by atoms with Crippen molar-refractivity contribution in [2.75, 3.05) is 49.1 Å². The van der Waals surface area contributed by atoms with Crippen molar-refractivity contribution < 1.29 is 42.7 Å². The molecule has 2 aromatic heterocycles. The van der Waals surface area contributed by atoms with Gasteiger partial charge in [0.25, 0.3) is 17.7 Å². The number of nitrogens with two attached hydrogens (primary N) is 1. The smallest absolute Gasteiger partial charge is 0.361 e. The molecule has 3 aromatic carbocycles. The van der Waals surface area contributed by atoms with Gasteiger partial charge in [-0.05, 0) is 92.9 Å². The zero-order valence-electron chi connectivity index (χ0n) is 38.7. The van der Waals surface area contributed by atoms with Crippen LogP contribution in [-0.4, -0.2) is 115 Å². The summed E-state index contributed by atoms with van der Waals surface area (Å²) in [5, 5.41) is 12.5. The van der Waals surface area contributed by atoms with Gasteiger partial charge in [0.1, 0.15) is 17.6 Å². The molecule has 5 aromatic rings. The molecule has 19 nitrogen and oxygen atoms in total. The summed E-state index contributed by atoms with van der Waals surface area (Å²) in [6.07, 6.45) is 9.71. The molecule has 5 N–H and O–H groups in total. The molecule has 9 rings (SSSR count). The van der Waals surface area contributed by atoms with E-state index in [9.17, 15) is 38.0 Å². The normalized spacial score (nSPS) is 18.5. The Balaban J connectivity index is 0.715. The molecular formula is C51H52FN11O8. The van der Waals surface area contributed by atoms with Gasteiger partial charge in [-0.1, -0.05) is 42.5 Å². The average molecular weight is 966 g/mol. The van der Waals surface area contributed by atoms with Crippen molar-refractivity contribution >= 4 is 58.6 Å². The van der Waals surface area contributed by atoms with Crippen LogP contribution in [0.1, 0.15) is 78.7 Å². The Labute approximate surface area is 407 Å². The predicted molar refractivity (Wildman–Crippen MR) is 256 cm³/mol. The number of nitrogens with one attached hydrogen (secondary N) is 3. The summed E-state index contributed by atoms with van der Waals surface area (Å²) in [6.45, 7) is 4.12. The molecule has 2 atom stereocenters. The van der Waals surface area contributed by atoms with Crippen molar-refractivity contribution in [3.63, 3.8) is 0 Å². The summed E-state index contributed by atoms with van der Waals surface area (Å²) in [4.78, 5) is 104. The number of carbonyl (C=O) groups excluding carboxylic acids is 7. The number of piperidine rings is 3. The van der Waals surface area contributed by atoms with E-state index in [2.05, 4.69) is 35.9 Å². The van der Waals surface area contributed by atoms with E-state index in [1.807, 2.05) is 21.8 Å². The number of amides is 6. The molecule has 4 aliphatic rings. The summed E-state index contributed by atoms with van der Waals surface area (Å²) in [7, 11) is 0. The summed E-state index contributed by atoms with van der Waals surface area (Å²) in [6, 6.07) is 19.9. The Morgan fingerprint density at radius 3 is 2.38 bits per heavy atom. The lowest BCUT2D eigenvalue weighted by molar-refractivity contribution is -0.149. The maximum atomic E-state index is 13.6. The Kier molecular flexibility index (Phi) is 14.3. The number of rotatable bonds is 15. The molecule has 0 saturated carbocycles. The molecule has 1 unspecified atom stereocenters. The number of likely N-dealkylation sites (tertiary alicyclic amines) is 2. The lowest BCUT2D eigenvalue weighted by Gasteiger charge is -2.35. The van der Waals surface area contributed by atoms with Crippen molar-refractivity contribution in [3.8, 4) is 11.3 Å². The number of hydrogen-bond acceptors (Lipinski definition) is 14. The summed E-state index contributed by atoms with van der Waals surface area (Å²) < 4.78 is 21.1. The fraction of sp³-hybridized carbons (Fsp3) is 0.333. The van der Waals surface area contributed by atoms with Gasteiger partial charge < -0.3 is 30.9 Å². The van der Waals surface area contributed by atoms with E-state index in [1.54, 1.807) is 54.7 Å². The van der Waals surface area contributed by atoms with E-state index in [0.717, 1.165) is 68.3 Å². The highest BCUT2D eigenvalue weighted by molar-refractivity contribution is 6.20. The number of anilines is 3. The number of nitrogens with zero attached hydrogens (tertiary/aromatic N) is 7. The molecule has 6 heterocycles. The van der Waals surface area contributed by atoms with E-state index >= 15 is 0 Å². The number of benzene rings is 3. The van der Waals surface area contributed by atoms with E-state index in [-0.39, 0.29) is 48.4 Å². The van der Waals surface area contributed by atoms with Gasteiger partial charge in [-0.15, -0.1) is 0 Å². The molecule has 6 amide bonds. The topological polar surface area (TPSA) is 244 Å². The third-order valence-corrected chi connectivity index (χ3v) is 13.4. The number of ether oxygens (including phenoxy) is 1. The van der Waals surface area contributed by atoms with Gasteiger partial charge in [0, 0.05) is 67.4 Å². The number of carbonyl (C=O) groups is 7. The Morgan fingerprint density at radius 1 is 0.873 bits per heavy atom. The zero-order valence-corrected chi connectivity index (χ0v) is 38.7. The second-order valence-corrected chi connectivity index (χ2v) is 18.1. The first kappa shape index (κ1) is 47.9. The van der Waals surface area contributed by atoms with Crippen LogP contribution in [0.3, 0.4) is 0 Å². The first-order valence-electron chi connectivity index (χ1n) is 23.6. The number of aromatic nitrogens is 4. The van der Waals surface area contributed by atoms with E-state index in [0.29, 0.717) is 47.2 Å². The van der Waals surface area contributed by atoms with Crippen LogP contribution in [0.5, 0.6) is 0 Å². The lowest BCUT2D eigenvalue weighted by atomic mass is 9.92. The Hall–Kier alpha value is -8.13. The Morgan fingerprint density at radius 2 is 1.63 bits per heavy atom. The molecule has 0 bridgehead atoms. The van der Waals surface area contributed by atoms with Crippen LogP contribution in [0, 0.1) is 11.7 Å². The standard InChI is InChI=1S/C51H52FN11O8/c52-35-9-11-36(12-10-35)57-49(68)46(33-6-2-1-3-7-33)71-51(70)45-47(53)54-29-40(58-45)34-28-55-62(30-34)38-18-21-60(22-19-38)20-15-31-16-23-61(24-17-31)43(65)26-32-5-4-8-37(25-32)56-39-27-44(66)63(50(39)69)41-13-14-42(64)59-48(41)67/h1-12,25,27-31,38,41,46,56H,13-24,26H2,(H2,53,54)(H,57,68)(H,59,64,67)/t41?,46-/m1/s1. The van der Waals surface area contributed by atoms with Crippen molar-refractivity contribution in [2.45, 2.75) is 69.6 Å². The maximum Gasteiger partial charge on any atom is 0.361 e. The van der Waals surface area contributed by atoms with Crippen molar-refractivity contribution in [1.82, 2.24) is 39.8 Å². The van der Waals surface area contributed by atoms with Gasteiger partial charge in [0.15, 0.2) is 11.5 Å². The van der Waals surface area contributed by atoms with Crippen molar-refractivity contribution in [2.24, 2.45) is 5.92 Å². The second-order valence-electron chi connectivity index (χ2n) is 18.1. The molecule has 4 aliphatic heterocycles. The molecule has 366 valence electrons. The summed E-state index contributed by atoms with van der Waals surface area (Å²) in [5.74, 6) is -4.11. The maximum absolute atomic E-state index is 13.6. The van der Waals surface area contributed by atoms with Crippen LogP contribution in [0.15, 0.2) is 109 Å². The van der Waals surface area contributed by atoms with Gasteiger partial charge in [-0.3, -0.25) is 43.7 Å². The van der Waals surface area contributed by atoms with Gasteiger partial charge in [-0.25, -0.2) is 19.2 Å². The van der Waals surface area contributed by atoms with Crippen LogP contribution in [-0.2, 0) is 39.9 Å². The van der Waals surface area contributed by atoms with Crippen molar-refractivity contribution in [3.05, 3.63) is 132 Å². The molecule has 0 radical (unpaired) electrons. The fourth-order valence-electron chi connectivity index (χ4n) is 9.40. The van der Waals surface area contributed by atoms with Gasteiger partial charge in [0.2, 0.25) is 23.8 Å². The quantitative estimate of drug-likeness (QED) is 0.0830. The summed E-state index contributed by atoms with van der Waals surface area (Å²) in [5.41, 5.74) is 8.87. The first-order chi connectivity index (χ1) is 34.3. The molecule has 71 heavy (non-hydrogen) atoms. The van der Waals surface area contributed by atoms with E-state index in [1.165, 1.54) is 30.5 Å². The van der Waals surface area contributed by atoms with Crippen molar-refractivity contribution in [1.29, 1.82) is 0 Å². The number of halogens is 1. The predicted octanol–water partition coefficient (Wildman–Crippen LogP) is 4.58. The van der Waals surface area contributed by atoms with Crippen LogP contribution in [0.4, 0.5) is 21.6 Å². The number of imide groups is 2. The van der Waals surface area contributed by atoms with E-state index in [4.69, 9.17) is 10.5 Å². The lowest BCUT2D eigenvalue weighted by Crippen LogP contribution is -2.54. The average Bonchev–Trinajstić information content (AvgIpc) is 3.97. The third kappa shape index (κ3) is 11.3. The molecule has 3 saturated heterocycles. The summed E-state index contributed by atoms with van der Waals surface area (Å²) >= 11 is 0. The second kappa shape index (κ2) is 21.2. The van der Waals surface area contributed by atoms with Gasteiger partial charge in [-0.2, -0.15) is 5.10 Å². The third-order valence-electron chi connectivity index (χ3n) is 13.4. The minimum Gasteiger partial charge on any atom is -0.442 e. The van der Waals surface area contributed by atoms with Crippen LogP contribution in [0.2, 0.25) is 0 Å². The number of hydrogen-bond donors (Lipinski definition) is 4. The SMILES string of the molecule is Nc1ncc(-c2cnn(C3CCN(CCC4CCN(C(=O)Cc5cccc(NC6=CC(=O)N(C7CCC(=O)NC7=O)C6=O)c5)CC4)CC3)c2)nc1C(=O)O[C@@H](C(=O)Nc1ccc(F)cc1)c1ccccc1. The largest absolute Gasteiger partial charge is 0.442 e. The van der Waals surface area contributed by atoms with Gasteiger partial charge in [0.05, 0.1) is 30.6 Å². The van der Waals surface area contributed by atoms with E-state index < -0.39 is 53.5 Å². The van der Waals surface area contributed by atoms with Crippen LogP contribution < -0.4 is 21.7 Å². The fourth-order valence-corrected chi connectivity index (χ4v) is 9.40. The highest BCUT2D eigenvalue weighted by Gasteiger charge is 2.42. The van der Waals surface area contributed by atoms with Crippen LogP contribution >= 0.6 is 0 Å². The highest BCUT2D eigenvalue weighted by atomic mass is 19.1. The highest BCUT2D eigenvalue weighted by Crippen LogP contribution is 2.30. The number of esters is 1. The minimum absolute atomic E-state index is 0.0117.